The highest BCUT2D eigenvalue weighted by molar-refractivity contribution is 7.22. The number of amides is 3. The van der Waals surface area contributed by atoms with Gasteiger partial charge in [0, 0.05) is 6.20 Å². The van der Waals surface area contributed by atoms with Crippen molar-refractivity contribution in [2.45, 2.75) is 18.9 Å². The smallest absolute Gasteiger partial charge is 0.321 e. The van der Waals surface area contributed by atoms with E-state index in [1.807, 2.05) is 14.1 Å². The van der Waals surface area contributed by atoms with Crippen LogP contribution < -0.4 is 21.7 Å². The van der Waals surface area contributed by atoms with Gasteiger partial charge in [-0.3, -0.25) is 15.1 Å². The van der Waals surface area contributed by atoms with Gasteiger partial charge in [0.2, 0.25) is 0 Å². The van der Waals surface area contributed by atoms with Crippen LogP contribution in [0.15, 0.2) is 60.8 Å². The summed E-state index contributed by atoms with van der Waals surface area (Å²) < 4.78 is 14.1. The lowest BCUT2D eigenvalue weighted by Gasteiger charge is -2.20. The summed E-state index contributed by atoms with van der Waals surface area (Å²) in [6.45, 7) is 0.843. The fourth-order valence-electron chi connectivity index (χ4n) is 3.72. The van der Waals surface area contributed by atoms with Crippen LogP contribution in [0.4, 0.5) is 25.7 Å². The van der Waals surface area contributed by atoms with E-state index in [2.05, 4.69) is 30.8 Å². The molecule has 1 atom stereocenters. The minimum absolute atomic E-state index is 0.227. The molecule has 37 heavy (non-hydrogen) atoms. The van der Waals surface area contributed by atoms with Gasteiger partial charge >= 0.3 is 6.03 Å². The molecule has 0 saturated carbocycles. The second-order valence-corrected chi connectivity index (χ2v) is 9.78. The Hall–Kier alpha value is -4.09. The van der Waals surface area contributed by atoms with E-state index in [-0.39, 0.29) is 23.5 Å². The molecule has 3 amide bonds. The molecule has 11 heteroatoms. The van der Waals surface area contributed by atoms with Crippen LogP contribution in [0.5, 0.6) is 0 Å². The van der Waals surface area contributed by atoms with Gasteiger partial charge in [0.1, 0.15) is 11.5 Å². The van der Waals surface area contributed by atoms with Crippen molar-refractivity contribution in [3.63, 3.8) is 0 Å². The van der Waals surface area contributed by atoms with E-state index in [0.717, 1.165) is 18.5 Å². The van der Waals surface area contributed by atoms with E-state index in [0.29, 0.717) is 33.1 Å². The molecule has 0 spiro atoms. The van der Waals surface area contributed by atoms with Crippen molar-refractivity contribution in [2.75, 3.05) is 37.0 Å². The lowest BCUT2D eigenvalue weighted by atomic mass is 10.0. The van der Waals surface area contributed by atoms with Crippen LogP contribution in [0.1, 0.15) is 34.9 Å². The number of thiazole rings is 1. The first-order chi connectivity index (χ1) is 17.8. The minimum Gasteiger partial charge on any atom is -0.397 e. The molecule has 5 N–H and O–H groups in total. The minimum atomic E-state index is -0.434. The molecule has 0 aliphatic heterocycles. The maximum absolute atomic E-state index is 13.5. The maximum atomic E-state index is 13.5. The number of para-hydroxylation sites is 2. The maximum Gasteiger partial charge on any atom is 0.321 e. The summed E-state index contributed by atoms with van der Waals surface area (Å²) in [6, 6.07) is 13.9. The molecule has 2 aromatic carbocycles. The van der Waals surface area contributed by atoms with Gasteiger partial charge in [0.25, 0.3) is 5.91 Å². The molecule has 0 aliphatic carbocycles. The van der Waals surface area contributed by atoms with Gasteiger partial charge in [-0.2, -0.15) is 0 Å². The molecule has 2 aromatic heterocycles. The number of nitrogens with two attached hydrogens (primary N) is 1. The van der Waals surface area contributed by atoms with Gasteiger partial charge < -0.3 is 21.3 Å². The Morgan fingerprint density at radius 2 is 1.92 bits per heavy atom. The number of rotatable bonds is 9. The van der Waals surface area contributed by atoms with Crippen molar-refractivity contribution in [2.24, 2.45) is 0 Å². The van der Waals surface area contributed by atoms with E-state index in [1.165, 1.54) is 23.5 Å². The monoisotopic (exact) mass is 521 g/mol. The Balaban J connectivity index is 1.45. The van der Waals surface area contributed by atoms with Gasteiger partial charge in [-0.05, 0) is 75.4 Å². The first-order valence-corrected chi connectivity index (χ1v) is 12.5. The Kier molecular flexibility index (Phi) is 8.26. The number of nitrogen functional groups attached to an aromatic ring is 1. The number of aromatic nitrogens is 2. The molecule has 0 bridgehead atoms. The van der Waals surface area contributed by atoms with Crippen molar-refractivity contribution in [3.05, 3.63) is 77.9 Å². The summed E-state index contributed by atoms with van der Waals surface area (Å²) in [7, 11) is 3.97. The molecule has 4 aromatic rings. The van der Waals surface area contributed by atoms with Crippen LogP contribution >= 0.6 is 11.3 Å². The van der Waals surface area contributed by atoms with Crippen molar-refractivity contribution in [1.29, 1.82) is 0 Å². The quantitative estimate of drug-likeness (QED) is 0.233. The molecule has 0 fully saturated rings. The van der Waals surface area contributed by atoms with Gasteiger partial charge in [-0.15, -0.1) is 0 Å². The van der Waals surface area contributed by atoms with Gasteiger partial charge in [-0.25, -0.2) is 14.2 Å². The molecular weight excluding hydrogens is 493 g/mol. The third-order valence-corrected chi connectivity index (χ3v) is 6.54. The largest absolute Gasteiger partial charge is 0.397 e. The molecule has 1 unspecified atom stereocenters. The molecule has 0 aliphatic rings. The summed E-state index contributed by atoms with van der Waals surface area (Å²) >= 11 is 1.20. The highest BCUT2D eigenvalue weighted by atomic mass is 32.1. The van der Waals surface area contributed by atoms with Crippen LogP contribution in [0.2, 0.25) is 0 Å². The average Bonchev–Trinajstić information content (AvgIpc) is 3.25. The number of halogens is 1. The van der Waals surface area contributed by atoms with E-state index in [1.54, 1.807) is 48.7 Å². The summed E-state index contributed by atoms with van der Waals surface area (Å²) in [5, 5.41) is 8.84. The van der Waals surface area contributed by atoms with Crippen molar-refractivity contribution < 1.29 is 14.0 Å². The van der Waals surface area contributed by atoms with E-state index in [9.17, 15) is 14.0 Å². The van der Waals surface area contributed by atoms with Crippen molar-refractivity contribution >= 4 is 50.0 Å². The number of carbonyl (C=O) groups excluding carboxylic acids is 2. The topological polar surface area (TPSA) is 125 Å². The van der Waals surface area contributed by atoms with Gasteiger partial charge in [0.15, 0.2) is 5.13 Å². The molecule has 9 nitrogen and oxygen atoms in total. The standard InChI is InChI=1S/C26H28FN7O2S/c1-34(2)13-5-8-19(31-25(36)33-26-32-21-12-10-17(27)14-23(21)37-26)16-9-11-22(29-15-16)24(35)30-20-7-4-3-6-18(20)28/h3-4,6-7,9-12,14-15,19H,5,8,13,28H2,1-2H3,(H,30,35)(H2,31,32,33,36). The molecule has 2 heterocycles. The summed E-state index contributed by atoms with van der Waals surface area (Å²) in [6.07, 6.45) is 3.07. The Morgan fingerprint density at radius 1 is 1.11 bits per heavy atom. The van der Waals surface area contributed by atoms with E-state index in [4.69, 9.17) is 5.73 Å². The predicted octanol–water partition coefficient (Wildman–Crippen LogP) is 4.87. The summed E-state index contributed by atoms with van der Waals surface area (Å²) in [5.41, 5.74) is 8.47. The number of pyridine rings is 1. The predicted molar refractivity (Wildman–Crippen MR) is 145 cm³/mol. The molecule has 0 saturated heterocycles. The second kappa shape index (κ2) is 11.8. The zero-order valence-electron chi connectivity index (χ0n) is 20.5. The van der Waals surface area contributed by atoms with Gasteiger partial charge in [-0.1, -0.05) is 29.5 Å². The number of hydrogen-bond donors (Lipinski definition) is 4. The van der Waals surface area contributed by atoms with Crippen LogP contribution in [-0.2, 0) is 0 Å². The van der Waals surface area contributed by atoms with Crippen LogP contribution in [0, 0.1) is 5.82 Å². The summed E-state index contributed by atoms with van der Waals surface area (Å²) in [5.74, 6) is -0.739. The van der Waals surface area contributed by atoms with Crippen LogP contribution in [-0.4, -0.2) is 47.4 Å². The molecule has 192 valence electrons. The van der Waals surface area contributed by atoms with Crippen LogP contribution in [0.25, 0.3) is 10.2 Å². The number of fused-ring (bicyclic) bond motifs is 1. The normalized spacial score (nSPS) is 11.9. The van der Waals surface area contributed by atoms with Crippen LogP contribution in [0.3, 0.4) is 0 Å². The van der Waals surface area contributed by atoms with Crippen molar-refractivity contribution in [1.82, 2.24) is 20.2 Å². The lowest BCUT2D eigenvalue weighted by molar-refractivity contribution is 0.102. The molecule has 4 rings (SSSR count). The fourth-order valence-corrected chi connectivity index (χ4v) is 4.61. The Bertz CT molecular complexity index is 1390. The first-order valence-electron chi connectivity index (χ1n) is 11.7. The van der Waals surface area contributed by atoms with Gasteiger partial charge in [0.05, 0.1) is 27.6 Å². The van der Waals surface area contributed by atoms with Crippen molar-refractivity contribution in [3.8, 4) is 0 Å². The number of nitrogens with zero attached hydrogens (tertiary/aromatic N) is 3. The highest BCUT2D eigenvalue weighted by Crippen LogP contribution is 2.27. The highest BCUT2D eigenvalue weighted by Gasteiger charge is 2.18. The molecular formula is C26H28FN7O2S. The lowest BCUT2D eigenvalue weighted by Crippen LogP contribution is -2.33. The first kappa shape index (κ1) is 26.0. The number of anilines is 3. The third kappa shape index (κ3) is 6.99. The number of carbonyl (C=O) groups is 2. The van der Waals surface area contributed by atoms with E-state index >= 15 is 0 Å². The number of urea groups is 1. The zero-order valence-corrected chi connectivity index (χ0v) is 21.3. The average molecular weight is 522 g/mol. The number of hydrogen-bond acceptors (Lipinski definition) is 7. The Morgan fingerprint density at radius 3 is 2.65 bits per heavy atom. The Labute approximate surface area is 217 Å². The fraction of sp³-hybridized carbons (Fsp3) is 0.231. The molecule has 0 radical (unpaired) electrons. The third-order valence-electron chi connectivity index (χ3n) is 5.60. The SMILES string of the molecule is CN(C)CCCC(NC(=O)Nc1nc2ccc(F)cc2s1)c1ccc(C(=O)Nc2ccccc2N)nc1. The second-order valence-electron chi connectivity index (χ2n) is 8.75. The number of benzene rings is 2. The summed E-state index contributed by atoms with van der Waals surface area (Å²) in [4.78, 5) is 36.2. The van der Waals surface area contributed by atoms with E-state index < -0.39 is 6.03 Å². The number of nitrogens with one attached hydrogen (secondary N) is 3. The zero-order chi connectivity index (χ0) is 26.4.